The standard InChI is InChI=1S/C20H18FN3O3/c21-13-4-1-3-12(9-13)10-15-5-2-8-24(15)20(27)22-14-6-7-16-17(11-14)19(26)23-18(16)25/h1,3-4,6-7,9,11,15H,2,5,8,10H2,(H,22,27)(H,23,25,26)/t15-/m1/s1. The van der Waals surface area contributed by atoms with Gasteiger partial charge in [0, 0.05) is 18.3 Å². The van der Waals surface area contributed by atoms with Crippen LogP contribution in [0, 0.1) is 5.82 Å². The summed E-state index contributed by atoms with van der Waals surface area (Å²) in [5, 5.41) is 5.02. The van der Waals surface area contributed by atoms with Crippen LogP contribution in [0.1, 0.15) is 39.1 Å². The van der Waals surface area contributed by atoms with E-state index in [-0.39, 0.29) is 23.5 Å². The number of nitrogens with zero attached hydrogens (tertiary/aromatic N) is 1. The molecule has 2 aromatic carbocycles. The molecule has 0 spiro atoms. The van der Waals surface area contributed by atoms with Crippen LogP contribution in [0.4, 0.5) is 14.9 Å². The fraction of sp³-hybridized carbons (Fsp3) is 0.250. The first-order valence-corrected chi connectivity index (χ1v) is 8.83. The zero-order valence-electron chi connectivity index (χ0n) is 14.5. The Labute approximate surface area is 155 Å². The number of benzene rings is 2. The third-order valence-electron chi connectivity index (χ3n) is 4.99. The summed E-state index contributed by atoms with van der Waals surface area (Å²) in [5.74, 6) is -1.17. The van der Waals surface area contributed by atoms with Crippen molar-refractivity contribution in [3.63, 3.8) is 0 Å². The predicted octanol–water partition coefficient (Wildman–Crippen LogP) is 2.95. The molecule has 4 amide bonds. The number of hydrogen-bond donors (Lipinski definition) is 2. The fourth-order valence-electron chi connectivity index (χ4n) is 3.69. The Morgan fingerprint density at radius 2 is 1.96 bits per heavy atom. The highest BCUT2D eigenvalue weighted by Crippen LogP contribution is 2.24. The molecule has 0 aliphatic carbocycles. The van der Waals surface area contributed by atoms with E-state index in [1.165, 1.54) is 24.3 Å². The maximum atomic E-state index is 13.4. The molecule has 2 aromatic rings. The minimum absolute atomic E-state index is 0.00824. The summed E-state index contributed by atoms with van der Waals surface area (Å²) >= 11 is 0. The van der Waals surface area contributed by atoms with Crippen LogP contribution < -0.4 is 10.6 Å². The lowest BCUT2D eigenvalue weighted by Crippen LogP contribution is -2.39. The molecular formula is C20H18FN3O3. The zero-order chi connectivity index (χ0) is 19.0. The van der Waals surface area contributed by atoms with Crippen molar-refractivity contribution in [2.75, 3.05) is 11.9 Å². The Bertz CT molecular complexity index is 944. The van der Waals surface area contributed by atoms with Gasteiger partial charge >= 0.3 is 6.03 Å². The van der Waals surface area contributed by atoms with Gasteiger partial charge in [0.2, 0.25) is 0 Å². The van der Waals surface area contributed by atoms with Crippen LogP contribution in [0.2, 0.25) is 0 Å². The second kappa shape index (κ2) is 6.83. The average Bonchev–Trinajstić information content (AvgIpc) is 3.20. The first-order chi connectivity index (χ1) is 13.0. The maximum Gasteiger partial charge on any atom is 0.322 e. The van der Waals surface area contributed by atoms with Gasteiger partial charge in [0.05, 0.1) is 11.1 Å². The van der Waals surface area contributed by atoms with E-state index in [0.717, 1.165) is 18.4 Å². The average molecular weight is 367 g/mol. The summed E-state index contributed by atoms with van der Waals surface area (Å²) in [5.41, 5.74) is 1.88. The number of urea groups is 1. The zero-order valence-corrected chi connectivity index (χ0v) is 14.5. The Morgan fingerprint density at radius 3 is 2.78 bits per heavy atom. The van der Waals surface area contributed by atoms with Crippen molar-refractivity contribution in [2.45, 2.75) is 25.3 Å². The quantitative estimate of drug-likeness (QED) is 0.819. The number of anilines is 1. The number of fused-ring (bicyclic) bond motifs is 1. The van der Waals surface area contributed by atoms with E-state index in [1.54, 1.807) is 17.0 Å². The molecule has 0 radical (unpaired) electrons. The molecule has 4 rings (SSSR count). The Hall–Kier alpha value is -3.22. The highest BCUT2D eigenvalue weighted by atomic mass is 19.1. The van der Waals surface area contributed by atoms with Crippen molar-refractivity contribution in [1.82, 2.24) is 10.2 Å². The van der Waals surface area contributed by atoms with Gasteiger partial charge in [0.15, 0.2) is 0 Å². The molecular weight excluding hydrogens is 349 g/mol. The Morgan fingerprint density at radius 1 is 1.15 bits per heavy atom. The lowest BCUT2D eigenvalue weighted by molar-refractivity contribution is 0.0879. The number of likely N-dealkylation sites (tertiary alicyclic amines) is 1. The highest BCUT2D eigenvalue weighted by Gasteiger charge is 2.30. The number of nitrogens with one attached hydrogen (secondary N) is 2. The number of carbonyl (C=O) groups excluding carboxylic acids is 3. The van der Waals surface area contributed by atoms with Gasteiger partial charge in [-0.2, -0.15) is 0 Å². The smallest absolute Gasteiger partial charge is 0.321 e. The summed E-state index contributed by atoms with van der Waals surface area (Å²) in [6.07, 6.45) is 2.33. The minimum Gasteiger partial charge on any atom is -0.321 e. The number of halogens is 1. The molecule has 1 saturated heterocycles. The van der Waals surface area contributed by atoms with Gasteiger partial charge in [-0.05, 0) is 55.2 Å². The number of rotatable bonds is 3. The lowest BCUT2D eigenvalue weighted by Gasteiger charge is -2.25. The van der Waals surface area contributed by atoms with E-state index in [0.29, 0.717) is 24.2 Å². The van der Waals surface area contributed by atoms with Crippen molar-refractivity contribution in [2.24, 2.45) is 0 Å². The van der Waals surface area contributed by atoms with Gasteiger partial charge in [-0.15, -0.1) is 0 Å². The Balaban J connectivity index is 1.47. The summed E-state index contributed by atoms with van der Waals surface area (Å²) < 4.78 is 13.4. The number of imide groups is 1. The fourth-order valence-corrected chi connectivity index (χ4v) is 3.69. The van der Waals surface area contributed by atoms with Gasteiger partial charge in [-0.3, -0.25) is 14.9 Å². The molecule has 7 heteroatoms. The molecule has 2 heterocycles. The molecule has 1 atom stereocenters. The first kappa shape index (κ1) is 17.2. The summed E-state index contributed by atoms with van der Waals surface area (Å²) in [6.45, 7) is 0.621. The van der Waals surface area contributed by atoms with Crippen molar-refractivity contribution in [1.29, 1.82) is 0 Å². The highest BCUT2D eigenvalue weighted by molar-refractivity contribution is 6.22. The van der Waals surface area contributed by atoms with Crippen molar-refractivity contribution >= 4 is 23.5 Å². The maximum absolute atomic E-state index is 13.4. The van der Waals surface area contributed by atoms with Crippen LogP contribution in [-0.2, 0) is 6.42 Å². The predicted molar refractivity (Wildman–Crippen MR) is 97.1 cm³/mol. The van der Waals surface area contributed by atoms with Crippen molar-refractivity contribution in [3.8, 4) is 0 Å². The normalized spacial score (nSPS) is 18.4. The van der Waals surface area contributed by atoms with Gasteiger partial charge < -0.3 is 10.2 Å². The molecule has 6 nitrogen and oxygen atoms in total. The molecule has 27 heavy (non-hydrogen) atoms. The van der Waals surface area contributed by atoms with Crippen molar-refractivity contribution < 1.29 is 18.8 Å². The monoisotopic (exact) mass is 367 g/mol. The molecule has 0 aromatic heterocycles. The molecule has 2 N–H and O–H groups in total. The topological polar surface area (TPSA) is 78.5 Å². The first-order valence-electron chi connectivity index (χ1n) is 8.83. The van der Waals surface area contributed by atoms with Gasteiger partial charge in [-0.1, -0.05) is 12.1 Å². The lowest BCUT2D eigenvalue weighted by atomic mass is 10.0. The largest absolute Gasteiger partial charge is 0.322 e. The molecule has 0 unspecified atom stereocenters. The summed E-state index contributed by atoms with van der Waals surface area (Å²) in [4.78, 5) is 37.8. The molecule has 0 saturated carbocycles. The van der Waals surface area contributed by atoms with Crippen LogP contribution >= 0.6 is 0 Å². The minimum atomic E-state index is -0.462. The van der Waals surface area contributed by atoms with Crippen LogP contribution in [0.3, 0.4) is 0 Å². The van der Waals surface area contributed by atoms with E-state index in [1.807, 2.05) is 6.07 Å². The number of hydrogen-bond acceptors (Lipinski definition) is 3. The van der Waals surface area contributed by atoms with Gasteiger partial charge in [0.25, 0.3) is 11.8 Å². The third kappa shape index (κ3) is 3.40. The molecule has 0 bridgehead atoms. The van der Waals surface area contributed by atoms with Crippen LogP contribution in [0.25, 0.3) is 0 Å². The third-order valence-corrected chi connectivity index (χ3v) is 4.99. The van der Waals surface area contributed by atoms with Crippen LogP contribution in [0.15, 0.2) is 42.5 Å². The second-order valence-electron chi connectivity index (χ2n) is 6.80. The van der Waals surface area contributed by atoms with E-state index >= 15 is 0 Å². The van der Waals surface area contributed by atoms with E-state index < -0.39 is 11.8 Å². The Kier molecular flexibility index (Phi) is 4.35. The SMILES string of the molecule is O=C1NC(=O)c2cc(NC(=O)N3CCC[C@@H]3Cc3cccc(F)c3)ccc21. The second-order valence-corrected chi connectivity index (χ2v) is 6.80. The van der Waals surface area contributed by atoms with E-state index in [4.69, 9.17) is 0 Å². The summed E-state index contributed by atoms with van der Waals surface area (Å²) in [6, 6.07) is 10.8. The van der Waals surface area contributed by atoms with Crippen molar-refractivity contribution in [3.05, 3.63) is 65.0 Å². The molecule has 2 aliphatic heterocycles. The van der Waals surface area contributed by atoms with Crippen LogP contribution in [-0.4, -0.2) is 35.3 Å². The number of carbonyl (C=O) groups is 3. The van der Waals surface area contributed by atoms with Crippen LogP contribution in [0.5, 0.6) is 0 Å². The van der Waals surface area contributed by atoms with Gasteiger partial charge in [-0.25, -0.2) is 9.18 Å². The van der Waals surface area contributed by atoms with E-state index in [9.17, 15) is 18.8 Å². The molecule has 1 fully saturated rings. The van der Waals surface area contributed by atoms with Gasteiger partial charge in [0.1, 0.15) is 5.82 Å². The summed E-state index contributed by atoms with van der Waals surface area (Å²) in [7, 11) is 0. The molecule has 138 valence electrons. The molecule has 2 aliphatic rings. The number of amides is 4. The van der Waals surface area contributed by atoms with E-state index in [2.05, 4.69) is 10.6 Å².